The fraction of sp³-hybridized carbons (Fsp3) is 0.226. The van der Waals surface area contributed by atoms with E-state index in [0.29, 0.717) is 46.5 Å². The maximum absolute atomic E-state index is 13.3. The molecule has 2 aromatic carbocycles. The lowest BCUT2D eigenvalue weighted by Gasteiger charge is -2.44. The second-order valence-electron chi connectivity index (χ2n) is 10.4. The van der Waals surface area contributed by atoms with Crippen molar-refractivity contribution in [3.63, 3.8) is 0 Å². The normalized spacial score (nSPS) is 17.6. The molecule has 2 unspecified atom stereocenters. The Labute approximate surface area is 236 Å². The summed E-state index contributed by atoms with van der Waals surface area (Å²) >= 11 is 6.15. The fourth-order valence-electron chi connectivity index (χ4n) is 5.77. The molecule has 1 saturated heterocycles. The van der Waals surface area contributed by atoms with Crippen molar-refractivity contribution in [3.05, 3.63) is 117 Å². The summed E-state index contributed by atoms with van der Waals surface area (Å²) in [6, 6.07) is 19.5. The molecule has 2 amide bonds. The van der Waals surface area contributed by atoms with Crippen LogP contribution in [0.4, 0.5) is 17.1 Å². The second kappa shape index (κ2) is 10.6. The number of rotatable bonds is 5. The van der Waals surface area contributed by atoms with E-state index in [4.69, 9.17) is 11.6 Å². The number of hydrogen-bond acceptors (Lipinski definition) is 5. The molecular formula is C31H28ClN5O3. The highest BCUT2D eigenvalue weighted by molar-refractivity contribution is 6.31. The average molecular weight is 554 g/mol. The molecule has 6 rings (SSSR count). The van der Waals surface area contributed by atoms with Crippen LogP contribution in [0.5, 0.6) is 0 Å². The molecule has 1 fully saturated rings. The first-order valence-electron chi connectivity index (χ1n) is 13.2. The van der Waals surface area contributed by atoms with Crippen molar-refractivity contribution in [1.82, 2.24) is 9.55 Å². The summed E-state index contributed by atoms with van der Waals surface area (Å²) in [6.07, 6.45) is 4.15. The molecule has 2 bridgehead atoms. The maximum atomic E-state index is 13.3. The molecule has 0 aliphatic carbocycles. The Bertz CT molecular complexity index is 1670. The molecular weight excluding hydrogens is 526 g/mol. The molecule has 4 heterocycles. The molecule has 4 aromatic rings. The van der Waals surface area contributed by atoms with Gasteiger partial charge in [0.2, 0.25) is 0 Å². The van der Waals surface area contributed by atoms with Crippen molar-refractivity contribution in [2.24, 2.45) is 5.92 Å². The van der Waals surface area contributed by atoms with Gasteiger partial charge in [-0.25, -0.2) is 0 Å². The molecule has 8 nitrogen and oxygen atoms in total. The van der Waals surface area contributed by atoms with E-state index >= 15 is 0 Å². The smallest absolute Gasteiger partial charge is 0.255 e. The van der Waals surface area contributed by atoms with E-state index in [-0.39, 0.29) is 23.3 Å². The molecule has 0 saturated carbocycles. The summed E-state index contributed by atoms with van der Waals surface area (Å²) in [4.78, 5) is 45.2. The third-order valence-electron chi connectivity index (χ3n) is 7.72. The molecule has 2 aliphatic rings. The van der Waals surface area contributed by atoms with Crippen molar-refractivity contribution in [2.75, 3.05) is 28.6 Å². The minimum atomic E-state index is -0.305. The van der Waals surface area contributed by atoms with Crippen LogP contribution >= 0.6 is 11.6 Å². The summed E-state index contributed by atoms with van der Waals surface area (Å²) in [6.45, 7) is 4.00. The molecule has 2 N–H and O–H groups in total. The summed E-state index contributed by atoms with van der Waals surface area (Å²) in [5, 5.41) is 6.50. The molecule has 0 spiro atoms. The van der Waals surface area contributed by atoms with Gasteiger partial charge in [0, 0.05) is 71.5 Å². The van der Waals surface area contributed by atoms with Gasteiger partial charge in [-0.3, -0.25) is 19.4 Å². The number of nitrogens with zero attached hydrogens (tertiary/aromatic N) is 3. The Balaban J connectivity index is 1.33. The third-order valence-corrected chi connectivity index (χ3v) is 7.95. The van der Waals surface area contributed by atoms with Gasteiger partial charge in [-0.15, -0.1) is 0 Å². The zero-order chi connectivity index (χ0) is 27.8. The van der Waals surface area contributed by atoms with Crippen LogP contribution < -0.4 is 21.1 Å². The number of piperidine rings is 1. The highest BCUT2D eigenvalue weighted by Crippen LogP contribution is 2.39. The number of anilines is 3. The van der Waals surface area contributed by atoms with Crippen LogP contribution in [0.15, 0.2) is 83.9 Å². The van der Waals surface area contributed by atoms with Crippen LogP contribution in [0.2, 0.25) is 5.02 Å². The Morgan fingerprint density at radius 1 is 0.875 bits per heavy atom. The van der Waals surface area contributed by atoms with Crippen LogP contribution in [0.25, 0.3) is 0 Å². The number of hydrogen-bond donors (Lipinski definition) is 2. The van der Waals surface area contributed by atoms with Crippen LogP contribution in [-0.2, 0) is 6.54 Å². The quantitative estimate of drug-likeness (QED) is 0.348. The largest absolute Gasteiger partial charge is 0.369 e. The lowest BCUT2D eigenvalue weighted by Crippen LogP contribution is -2.47. The summed E-state index contributed by atoms with van der Waals surface area (Å²) in [5.41, 5.74) is 4.85. The lowest BCUT2D eigenvalue weighted by atomic mass is 9.83. The Hall–Kier alpha value is -4.43. The fourth-order valence-corrected chi connectivity index (χ4v) is 5.94. The molecule has 2 aliphatic heterocycles. The number of amides is 2. The maximum Gasteiger partial charge on any atom is 0.255 e. The topological polar surface area (TPSA) is 96.3 Å². The number of carbonyl (C=O) groups excluding carboxylic acids is 2. The van der Waals surface area contributed by atoms with Crippen molar-refractivity contribution < 1.29 is 9.59 Å². The number of fused-ring (bicyclic) bond motifs is 4. The van der Waals surface area contributed by atoms with Gasteiger partial charge in [0.25, 0.3) is 17.4 Å². The Morgan fingerprint density at radius 3 is 2.48 bits per heavy atom. The first-order valence-corrected chi connectivity index (χ1v) is 13.6. The van der Waals surface area contributed by atoms with Crippen molar-refractivity contribution in [3.8, 4) is 0 Å². The Morgan fingerprint density at radius 2 is 1.65 bits per heavy atom. The third kappa shape index (κ3) is 5.10. The minimum Gasteiger partial charge on any atom is -0.369 e. The molecule has 2 aromatic heterocycles. The molecule has 202 valence electrons. The number of halogens is 1. The zero-order valence-electron chi connectivity index (χ0n) is 21.9. The zero-order valence-corrected chi connectivity index (χ0v) is 22.7. The van der Waals surface area contributed by atoms with Crippen LogP contribution in [0.3, 0.4) is 0 Å². The Kier molecular flexibility index (Phi) is 6.86. The van der Waals surface area contributed by atoms with Crippen molar-refractivity contribution in [2.45, 2.75) is 25.8 Å². The van der Waals surface area contributed by atoms with Gasteiger partial charge < -0.3 is 20.1 Å². The summed E-state index contributed by atoms with van der Waals surface area (Å²) in [5.74, 6) is -0.107. The van der Waals surface area contributed by atoms with Crippen molar-refractivity contribution in [1.29, 1.82) is 0 Å². The van der Waals surface area contributed by atoms with Gasteiger partial charge in [0.05, 0.1) is 11.4 Å². The van der Waals surface area contributed by atoms with Gasteiger partial charge in [-0.1, -0.05) is 23.7 Å². The molecule has 40 heavy (non-hydrogen) atoms. The second-order valence-corrected chi connectivity index (χ2v) is 10.9. The van der Waals surface area contributed by atoms with E-state index in [1.54, 1.807) is 54.9 Å². The number of aromatic nitrogens is 2. The number of pyridine rings is 2. The van der Waals surface area contributed by atoms with E-state index < -0.39 is 0 Å². The van der Waals surface area contributed by atoms with Gasteiger partial charge in [-0.05, 0) is 73.4 Å². The predicted octanol–water partition coefficient (Wildman–Crippen LogP) is 5.33. The van der Waals surface area contributed by atoms with Crippen LogP contribution in [0, 0.1) is 12.8 Å². The standard InChI is InChI=1S/C31H28ClN5O3/c1-19-5-7-24(32)15-25(19)34-31(40)22-6-8-28(26(14-22)35-30(39)21-9-11-33-12-10-21)36-16-20-13-23(18-36)27-3-2-4-29(38)37(27)17-20/h2-12,14-15,20,23H,13,16-18H2,1H3,(H,34,40)(H,35,39). The SMILES string of the molecule is Cc1ccc(Cl)cc1NC(=O)c1ccc(N2CC3CC(C2)c2cccc(=O)n2C3)c(NC(=O)c2ccncc2)c1. The summed E-state index contributed by atoms with van der Waals surface area (Å²) < 4.78 is 1.90. The summed E-state index contributed by atoms with van der Waals surface area (Å²) in [7, 11) is 0. The van der Waals surface area contributed by atoms with Gasteiger partial charge >= 0.3 is 0 Å². The number of benzene rings is 2. The van der Waals surface area contributed by atoms with Crippen LogP contribution in [-0.4, -0.2) is 34.5 Å². The minimum absolute atomic E-state index is 0.0382. The predicted molar refractivity (Wildman–Crippen MR) is 157 cm³/mol. The average Bonchev–Trinajstić information content (AvgIpc) is 2.96. The van der Waals surface area contributed by atoms with Crippen molar-refractivity contribution >= 4 is 40.5 Å². The monoisotopic (exact) mass is 553 g/mol. The van der Waals surface area contributed by atoms with E-state index in [2.05, 4.69) is 20.5 Å². The highest BCUT2D eigenvalue weighted by Gasteiger charge is 2.35. The van der Waals surface area contributed by atoms with E-state index in [0.717, 1.165) is 29.9 Å². The number of aryl methyl sites for hydroxylation is 1. The van der Waals surface area contributed by atoms with E-state index in [1.165, 1.54) is 0 Å². The lowest BCUT2D eigenvalue weighted by molar-refractivity contribution is 0.101. The number of nitrogens with one attached hydrogen (secondary N) is 2. The van der Waals surface area contributed by atoms with E-state index in [9.17, 15) is 14.4 Å². The molecule has 2 atom stereocenters. The first kappa shape index (κ1) is 25.8. The van der Waals surface area contributed by atoms with E-state index in [1.807, 2.05) is 35.8 Å². The van der Waals surface area contributed by atoms with Gasteiger partial charge in [-0.2, -0.15) is 0 Å². The highest BCUT2D eigenvalue weighted by atomic mass is 35.5. The van der Waals surface area contributed by atoms with Gasteiger partial charge in [0.15, 0.2) is 0 Å². The molecule has 0 radical (unpaired) electrons. The first-order chi connectivity index (χ1) is 19.4. The molecule has 9 heteroatoms. The van der Waals surface area contributed by atoms with Gasteiger partial charge in [0.1, 0.15) is 0 Å². The number of carbonyl (C=O) groups is 2. The van der Waals surface area contributed by atoms with Crippen LogP contribution in [0.1, 0.15) is 44.3 Å².